The zero-order chi connectivity index (χ0) is 11.7. The summed E-state index contributed by atoms with van der Waals surface area (Å²) in [6.07, 6.45) is 6.79. The van der Waals surface area contributed by atoms with Crippen molar-refractivity contribution >= 4 is 15.9 Å². The first-order valence-electron chi connectivity index (χ1n) is 6.84. The van der Waals surface area contributed by atoms with E-state index < -0.39 is 0 Å². The summed E-state index contributed by atoms with van der Waals surface area (Å²) < 4.78 is 1.32. The van der Waals surface area contributed by atoms with Crippen LogP contribution in [0.1, 0.15) is 42.7 Å². The monoisotopic (exact) mass is 293 g/mol. The van der Waals surface area contributed by atoms with E-state index in [9.17, 15) is 0 Å². The lowest BCUT2D eigenvalue weighted by Gasteiger charge is -2.29. The lowest BCUT2D eigenvalue weighted by Crippen LogP contribution is -2.27. The second-order valence-electron chi connectivity index (χ2n) is 5.40. The van der Waals surface area contributed by atoms with Gasteiger partial charge >= 0.3 is 0 Å². The topological polar surface area (TPSA) is 3.24 Å². The minimum Gasteiger partial charge on any atom is -0.303 e. The first kappa shape index (κ1) is 11.7. The molecule has 1 aliphatic carbocycles. The molecule has 1 heterocycles. The Balaban J connectivity index is 1.81. The molecule has 1 fully saturated rings. The summed E-state index contributed by atoms with van der Waals surface area (Å²) in [5.74, 6) is 0.773. The van der Waals surface area contributed by atoms with Crippen molar-refractivity contribution in [2.45, 2.75) is 38.0 Å². The Hall–Kier alpha value is -0.340. The molecule has 2 aliphatic rings. The smallest absolute Gasteiger partial charge is 0.0210 e. The molecule has 2 heteroatoms. The van der Waals surface area contributed by atoms with Crippen molar-refractivity contribution in [2.24, 2.45) is 0 Å². The van der Waals surface area contributed by atoms with E-state index in [0.717, 1.165) is 5.92 Å². The van der Waals surface area contributed by atoms with Gasteiger partial charge in [-0.05, 0) is 68.3 Å². The van der Waals surface area contributed by atoms with Gasteiger partial charge in [-0.3, -0.25) is 0 Å². The maximum Gasteiger partial charge on any atom is 0.0210 e. The van der Waals surface area contributed by atoms with Crippen LogP contribution in [0, 0.1) is 0 Å². The molecule has 1 aromatic rings. The van der Waals surface area contributed by atoms with Crippen LogP contribution in [0.3, 0.4) is 0 Å². The van der Waals surface area contributed by atoms with Crippen molar-refractivity contribution in [2.75, 3.05) is 19.6 Å². The second kappa shape index (κ2) is 5.11. The molecule has 0 N–H and O–H groups in total. The maximum absolute atomic E-state index is 3.71. The van der Waals surface area contributed by atoms with E-state index in [1.165, 1.54) is 56.2 Å². The van der Waals surface area contributed by atoms with E-state index in [0.29, 0.717) is 0 Å². The Morgan fingerprint density at radius 1 is 1.18 bits per heavy atom. The number of hydrogen-bond donors (Lipinski definition) is 0. The minimum atomic E-state index is 0.773. The molecule has 92 valence electrons. The molecule has 3 rings (SSSR count). The fraction of sp³-hybridized carbons (Fsp3) is 0.600. The van der Waals surface area contributed by atoms with Crippen molar-refractivity contribution < 1.29 is 0 Å². The van der Waals surface area contributed by atoms with Crippen molar-refractivity contribution in [3.8, 4) is 0 Å². The molecule has 1 saturated heterocycles. The highest BCUT2D eigenvalue weighted by Gasteiger charge is 2.24. The number of hydrogen-bond acceptors (Lipinski definition) is 1. The summed E-state index contributed by atoms with van der Waals surface area (Å²) in [6.45, 7) is 3.92. The fourth-order valence-electron chi connectivity index (χ4n) is 3.37. The molecular formula is C15H20BrN. The average molecular weight is 294 g/mol. The van der Waals surface area contributed by atoms with Crippen LogP contribution >= 0.6 is 15.9 Å². The molecular weight excluding hydrogens is 274 g/mol. The largest absolute Gasteiger partial charge is 0.303 e. The number of halogens is 1. The summed E-state index contributed by atoms with van der Waals surface area (Å²) in [6, 6.07) is 6.74. The molecule has 0 radical (unpaired) electrons. The van der Waals surface area contributed by atoms with Crippen LogP contribution < -0.4 is 0 Å². The first-order valence-corrected chi connectivity index (χ1v) is 7.63. The molecule has 1 nitrogen and oxygen atoms in total. The Morgan fingerprint density at radius 2 is 2.00 bits per heavy atom. The summed E-state index contributed by atoms with van der Waals surface area (Å²) in [4.78, 5) is 2.65. The Labute approximate surface area is 112 Å². The van der Waals surface area contributed by atoms with E-state index >= 15 is 0 Å². The van der Waals surface area contributed by atoms with Gasteiger partial charge in [0.25, 0.3) is 0 Å². The van der Waals surface area contributed by atoms with Gasteiger partial charge in [-0.2, -0.15) is 0 Å². The zero-order valence-electron chi connectivity index (χ0n) is 10.3. The van der Waals surface area contributed by atoms with Gasteiger partial charge in [0.1, 0.15) is 0 Å². The van der Waals surface area contributed by atoms with Gasteiger partial charge in [-0.25, -0.2) is 0 Å². The van der Waals surface area contributed by atoms with Gasteiger partial charge < -0.3 is 4.90 Å². The van der Waals surface area contributed by atoms with E-state index in [1.54, 1.807) is 11.1 Å². The van der Waals surface area contributed by atoms with Gasteiger partial charge in [-0.15, -0.1) is 0 Å². The Morgan fingerprint density at radius 3 is 2.82 bits per heavy atom. The SMILES string of the molecule is Brc1cccc2c1CCCC2CN1CCCC1. The quantitative estimate of drug-likeness (QED) is 0.798. The van der Waals surface area contributed by atoms with Crippen molar-refractivity contribution in [1.29, 1.82) is 0 Å². The third-order valence-electron chi connectivity index (χ3n) is 4.25. The van der Waals surface area contributed by atoms with E-state index in [4.69, 9.17) is 0 Å². The number of nitrogens with zero attached hydrogens (tertiary/aromatic N) is 1. The summed E-state index contributed by atoms with van der Waals surface area (Å²) in [7, 11) is 0. The van der Waals surface area contributed by atoms with Crippen LogP contribution in [0.5, 0.6) is 0 Å². The normalized spacial score (nSPS) is 24.9. The van der Waals surface area contributed by atoms with Crippen molar-refractivity contribution in [1.82, 2.24) is 4.90 Å². The molecule has 0 spiro atoms. The molecule has 1 unspecified atom stereocenters. The molecule has 0 amide bonds. The summed E-state index contributed by atoms with van der Waals surface area (Å²) >= 11 is 3.71. The van der Waals surface area contributed by atoms with Crippen molar-refractivity contribution in [3.05, 3.63) is 33.8 Å². The molecule has 1 aromatic carbocycles. The van der Waals surface area contributed by atoms with Crippen molar-refractivity contribution in [3.63, 3.8) is 0 Å². The van der Waals surface area contributed by atoms with Crippen LogP contribution in [0.2, 0.25) is 0 Å². The van der Waals surface area contributed by atoms with Crippen LogP contribution in [0.4, 0.5) is 0 Å². The molecule has 1 aliphatic heterocycles. The number of benzene rings is 1. The van der Waals surface area contributed by atoms with Gasteiger partial charge in [0.2, 0.25) is 0 Å². The van der Waals surface area contributed by atoms with E-state index in [-0.39, 0.29) is 0 Å². The van der Waals surface area contributed by atoms with Crippen LogP contribution in [0.15, 0.2) is 22.7 Å². The van der Waals surface area contributed by atoms with Crippen LogP contribution in [-0.2, 0) is 6.42 Å². The lowest BCUT2D eigenvalue weighted by atomic mass is 9.82. The molecule has 0 aromatic heterocycles. The highest BCUT2D eigenvalue weighted by Crippen LogP contribution is 2.36. The first-order chi connectivity index (χ1) is 8.34. The predicted octanol–water partition coefficient (Wildman–Crippen LogP) is 3.96. The van der Waals surface area contributed by atoms with Crippen LogP contribution in [-0.4, -0.2) is 24.5 Å². The van der Waals surface area contributed by atoms with Crippen LogP contribution in [0.25, 0.3) is 0 Å². The number of fused-ring (bicyclic) bond motifs is 1. The summed E-state index contributed by atoms with van der Waals surface area (Å²) in [5.41, 5.74) is 3.18. The highest BCUT2D eigenvalue weighted by molar-refractivity contribution is 9.10. The standard InChI is InChI=1S/C15H20BrN/c16-15-8-4-6-13-12(5-3-7-14(13)15)11-17-9-1-2-10-17/h4,6,8,12H,1-3,5,7,9-11H2. The third kappa shape index (κ3) is 2.43. The fourth-order valence-corrected chi connectivity index (χ4v) is 3.95. The maximum atomic E-state index is 3.71. The van der Waals surface area contributed by atoms with Gasteiger partial charge in [0.05, 0.1) is 0 Å². The second-order valence-corrected chi connectivity index (χ2v) is 6.26. The van der Waals surface area contributed by atoms with E-state index in [1.807, 2.05) is 0 Å². The molecule has 0 saturated carbocycles. The lowest BCUT2D eigenvalue weighted by molar-refractivity contribution is 0.300. The Kier molecular flexibility index (Phi) is 3.53. The van der Waals surface area contributed by atoms with E-state index in [2.05, 4.69) is 39.0 Å². The van der Waals surface area contributed by atoms with Gasteiger partial charge in [-0.1, -0.05) is 28.1 Å². The molecule has 0 bridgehead atoms. The third-order valence-corrected chi connectivity index (χ3v) is 4.99. The number of likely N-dealkylation sites (tertiary alicyclic amines) is 1. The zero-order valence-corrected chi connectivity index (χ0v) is 11.9. The minimum absolute atomic E-state index is 0.773. The average Bonchev–Trinajstić information content (AvgIpc) is 2.83. The highest BCUT2D eigenvalue weighted by atomic mass is 79.9. The van der Waals surface area contributed by atoms with Gasteiger partial charge in [0, 0.05) is 11.0 Å². The number of rotatable bonds is 2. The molecule has 17 heavy (non-hydrogen) atoms. The van der Waals surface area contributed by atoms with Gasteiger partial charge in [0.15, 0.2) is 0 Å². The Bertz CT molecular complexity index is 396. The summed E-state index contributed by atoms with van der Waals surface area (Å²) in [5, 5.41) is 0. The predicted molar refractivity (Wildman–Crippen MR) is 75.5 cm³/mol. The molecule has 1 atom stereocenters.